The number of hydrogen-bond donors (Lipinski definition) is 1. The highest BCUT2D eigenvalue weighted by atomic mass is 16.3. The fourth-order valence-electron chi connectivity index (χ4n) is 2.64. The van der Waals surface area contributed by atoms with E-state index in [1.807, 2.05) is 12.1 Å². The summed E-state index contributed by atoms with van der Waals surface area (Å²) in [6.45, 7) is 3.03. The number of rotatable bonds is 4. The summed E-state index contributed by atoms with van der Waals surface area (Å²) >= 11 is 0. The van der Waals surface area contributed by atoms with Gasteiger partial charge >= 0.3 is 0 Å². The number of furan rings is 1. The molecular formula is C16H19NO. The van der Waals surface area contributed by atoms with E-state index < -0.39 is 0 Å². The molecule has 1 heterocycles. The van der Waals surface area contributed by atoms with Gasteiger partial charge in [-0.15, -0.1) is 0 Å². The molecule has 1 N–H and O–H groups in total. The average molecular weight is 241 g/mol. The predicted molar refractivity (Wildman–Crippen MR) is 72.4 cm³/mol. The van der Waals surface area contributed by atoms with Crippen molar-refractivity contribution in [2.75, 3.05) is 0 Å². The van der Waals surface area contributed by atoms with Gasteiger partial charge in [0.15, 0.2) is 0 Å². The van der Waals surface area contributed by atoms with E-state index in [2.05, 4.69) is 30.4 Å². The van der Waals surface area contributed by atoms with Crippen molar-refractivity contribution < 1.29 is 4.42 Å². The van der Waals surface area contributed by atoms with Gasteiger partial charge in [-0.1, -0.05) is 18.2 Å². The Kier molecular flexibility index (Phi) is 3.20. The summed E-state index contributed by atoms with van der Waals surface area (Å²) in [5.74, 6) is 0.996. The highest BCUT2D eigenvalue weighted by Crippen LogP contribution is 2.23. The molecule has 0 aliphatic heterocycles. The molecule has 2 nitrogen and oxygen atoms in total. The van der Waals surface area contributed by atoms with Crippen LogP contribution in [0.1, 0.15) is 41.8 Å². The minimum atomic E-state index is 0.258. The third kappa shape index (κ3) is 2.34. The Morgan fingerprint density at radius 3 is 2.94 bits per heavy atom. The van der Waals surface area contributed by atoms with Crippen molar-refractivity contribution in [3.63, 3.8) is 0 Å². The van der Waals surface area contributed by atoms with E-state index in [1.165, 1.54) is 30.4 Å². The summed E-state index contributed by atoms with van der Waals surface area (Å²) in [5, 5.41) is 3.50. The molecule has 2 heteroatoms. The molecular weight excluding hydrogens is 222 g/mol. The first-order valence-corrected chi connectivity index (χ1v) is 6.70. The van der Waals surface area contributed by atoms with Gasteiger partial charge in [0.1, 0.15) is 5.76 Å². The zero-order chi connectivity index (χ0) is 12.4. The van der Waals surface area contributed by atoms with Crippen molar-refractivity contribution in [2.45, 2.75) is 38.8 Å². The van der Waals surface area contributed by atoms with Crippen LogP contribution in [0, 0.1) is 0 Å². The van der Waals surface area contributed by atoms with Crippen molar-refractivity contribution >= 4 is 0 Å². The molecule has 1 aromatic heterocycles. The number of hydrogen-bond acceptors (Lipinski definition) is 2. The van der Waals surface area contributed by atoms with E-state index in [0.29, 0.717) is 0 Å². The van der Waals surface area contributed by atoms with E-state index in [4.69, 9.17) is 4.42 Å². The minimum absolute atomic E-state index is 0.258. The summed E-state index contributed by atoms with van der Waals surface area (Å²) in [4.78, 5) is 0. The van der Waals surface area contributed by atoms with E-state index in [0.717, 1.165) is 12.3 Å². The number of nitrogens with one attached hydrogen (secondary N) is 1. The Hall–Kier alpha value is -1.54. The van der Waals surface area contributed by atoms with Gasteiger partial charge in [-0.05, 0) is 55.0 Å². The van der Waals surface area contributed by atoms with Crippen LogP contribution in [-0.2, 0) is 19.4 Å². The van der Waals surface area contributed by atoms with E-state index in [1.54, 1.807) is 11.8 Å². The van der Waals surface area contributed by atoms with Crippen molar-refractivity contribution in [3.8, 4) is 0 Å². The third-order valence-corrected chi connectivity index (χ3v) is 3.75. The molecule has 3 rings (SSSR count). The molecule has 0 amide bonds. The molecule has 1 aliphatic rings. The molecule has 0 saturated heterocycles. The second-order valence-corrected chi connectivity index (χ2v) is 5.07. The topological polar surface area (TPSA) is 25.2 Å². The molecule has 18 heavy (non-hydrogen) atoms. The Labute approximate surface area is 108 Å². The van der Waals surface area contributed by atoms with Crippen LogP contribution in [0.5, 0.6) is 0 Å². The van der Waals surface area contributed by atoms with Crippen molar-refractivity contribution in [2.24, 2.45) is 0 Å². The van der Waals surface area contributed by atoms with Gasteiger partial charge in [-0.25, -0.2) is 0 Å². The zero-order valence-corrected chi connectivity index (χ0v) is 10.8. The van der Waals surface area contributed by atoms with Crippen LogP contribution in [0.25, 0.3) is 0 Å². The quantitative estimate of drug-likeness (QED) is 0.884. The lowest BCUT2D eigenvalue weighted by atomic mass is 10.1. The summed E-state index contributed by atoms with van der Waals surface area (Å²) in [7, 11) is 0. The predicted octanol–water partition coefficient (Wildman–Crippen LogP) is 3.62. The monoisotopic (exact) mass is 241 g/mol. The lowest BCUT2D eigenvalue weighted by molar-refractivity contribution is 0.430. The van der Waals surface area contributed by atoms with E-state index in [9.17, 15) is 0 Å². The SMILES string of the molecule is C[C@@H](NCc1ccc2c(c1)CCC2)c1ccco1. The highest BCUT2D eigenvalue weighted by molar-refractivity contribution is 5.35. The maximum absolute atomic E-state index is 5.40. The molecule has 0 fully saturated rings. The second-order valence-electron chi connectivity index (χ2n) is 5.07. The van der Waals surface area contributed by atoms with Crippen molar-refractivity contribution in [3.05, 3.63) is 59.0 Å². The summed E-state index contributed by atoms with van der Waals surface area (Å²) < 4.78 is 5.40. The lowest BCUT2D eigenvalue weighted by Crippen LogP contribution is -2.17. The van der Waals surface area contributed by atoms with Gasteiger partial charge in [0.05, 0.1) is 12.3 Å². The fraction of sp³-hybridized carbons (Fsp3) is 0.375. The van der Waals surface area contributed by atoms with Gasteiger partial charge in [0, 0.05) is 6.54 Å². The summed E-state index contributed by atoms with van der Waals surface area (Å²) in [6, 6.07) is 11.1. The van der Waals surface area contributed by atoms with Gasteiger partial charge in [0.2, 0.25) is 0 Å². The maximum Gasteiger partial charge on any atom is 0.120 e. The van der Waals surface area contributed by atoms with Gasteiger partial charge in [0.25, 0.3) is 0 Å². The minimum Gasteiger partial charge on any atom is -0.468 e. The zero-order valence-electron chi connectivity index (χ0n) is 10.8. The van der Waals surface area contributed by atoms with Crippen molar-refractivity contribution in [1.82, 2.24) is 5.32 Å². The number of fused-ring (bicyclic) bond motifs is 1. The molecule has 94 valence electrons. The van der Waals surface area contributed by atoms with Crippen LogP contribution in [0.2, 0.25) is 0 Å². The second kappa shape index (κ2) is 4.99. The highest BCUT2D eigenvalue weighted by Gasteiger charge is 2.11. The fourth-order valence-corrected chi connectivity index (χ4v) is 2.64. The number of benzene rings is 1. The van der Waals surface area contributed by atoms with Gasteiger partial charge < -0.3 is 9.73 Å². The van der Waals surface area contributed by atoms with Crippen LogP contribution < -0.4 is 5.32 Å². The number of aryl methyl sites for hydroxylation is 2. The smallest absolute Gasteiger partial charge is 0.120 e. The first-order valence-electron chi connectivity index (χ1n) is 6.70. The van der Waals surface area contributed by atoms with Crippen LogP contribution in [0.4, 0.5) is 0 Å². The first-order chi connectivity index (χ1) is 8.83. The molecule has 1 aliphatic carbocycles. The van der Waals surface area contributed by atoms with Crippen LogP contribution >= 0.6 is 0 Å². The largest absolute Gasteiger partial charge is 0.468 e. The molecule has 0 radical (unpaired) electrons. The first kappa shape index (κ1) is 11.5. The van der Waals surface area contributed by atoms with E-state index in [-0.39, 0.29) is 6.04 Å². The maximum atomic E-state index is 5.40. The molecule has 0 spiro atoms. The Balaban J connectivity index is 1.63. The standard InChI is InChI=1S/C16H19NO/c1-12(16-6-3-9-18-16)17-11-13-7-8-14-4-2-5-15(14)10-13/h3,6-10,12,17H,2,4-5,11H2,1H3/t12-/m1/s1. The lowest BCUT2D eigenvalue weighted by Gasteiger charge is -2.12. The van der Waals surface area contributed by atoms with Crippen LogP contribution in [-0.4, -0.2) is 0 Å². The summed E-state index contributed by atoms with van der Waals surface area (Å²) in [6.07, 6.45) is 5.54. The van der Waals surface area contributed by atoms with Crippen LogP contribution in [0.3, 0.4) is 0 Å². The van der Waals surface area contributed by atoms with E-state index >= 15 is 0 Å². The van der Waals surface area contributed by atoms with Crippen LogP contribution in [0.15, 0.2) is 41.0 Å². The molecule has 0 saturated carbocycles. The third-order valence-electron chi connectivity index (χ3n) is 3.75. The Morgan fingerprint density at radius 2 is 2.11 bits per heavy atom. The Bertz CT molecular complexity index is 516. The van der Waals surface area contributed by atoms with Gasteiger partial charge in [-0.2, -0.15) is 0 Å². The molecule has 0 unspecified atom stereocenters. The summed E-state index contributed by atoms with van der Waals surface area (Å²) in [5.41, 5.74) is 4.45. The molecule has 1 aromatic carbocycles. The molecule has 2 aromatic rings. The molecule has 1 atom stereocenters. The Morgan fingerprint density at radius 1 is 1.22 bits per heavy atom. The molecule has 0 bridgehead atoms. The average Bonchev–Trinajstić information content (AvgIpc) is 3.05. The normalized spacial score (nSPS) is 15.6. The van der Waals surface area contributed by atoms with Crippen molar-refractivity contribution in [1.29, 1.82) is 0 Å². The van der Waals surface area contributed by atoms with Gasteiger partial charge in [-0.3, -0.25) is 0 Å².